The molecule has 0 aromatic carbocycles. The van der Waals surface area contributed by atoms with Gasteiger partial charge in [-0.15, -0.1) is 11.3 Å². The van der Waals surface area contributed by atoms with E-state index in [9.17, 15) is 4.79 Å². The number of aromatic carboxylic acids is 1. The number of nitrogens with zero attached hydrogens (tertiary/aromatic N) is 3. The van der Waals surface area contributed by atoms with Gasteiger partial charge in [-0.3, -0.25) is 4.68 Å². The molecule has 0 atom stereocenters. The van der Waals surface area contributed by atoms with Gasteiger partial charge < -0.3 is 5.11 Å². The second-order valence-electron chi connectivity index (χ2n) is 3.15. The van der Waals surface area contributed by atoms with Crippen molar-refractivity contribution in [3.8, 4) is 0 Å². The molecule has 0 bridgehead atoms. The first-order chi connectivity index (χ1) is 7.65. The fourth-order valence-corrected chi connectivity index (χ4v) is 1.82. The van der Waals surface area contributed by atoms with Gasteiger partial charge >= 0.3 is 5.97 Å². The van der Waals surface area contributed by atoms with Crippen LogP contribution >= 0.6 is 11.3 Å². The largest absolute Gasteiger partial charge is 0.477 e. The number of rotatable bonds is 3. The van der Waals surface area contributed by atoms with Gasteiger partial charge in [0.25, 0.3) is 0 Å². The summed E-state index contributed by atoms with van der Waals surface area (Å²) in [5.41, 5.74) is 0.953. The van der Waals surface area contributed by atoms with Crippen molar-refractivity contribution in [2.45, 2.75) is 0 Å². The molecule has 0 aliphatic heterocycles. The highest BCUT2D eigenvalue weighted by Crippen LogP contribution is 2.15. The van der Waals surface area contributed by atoms with E-state index in [0.29, 0.717) is 5.01 Å². The Morgan fingerprint density at radius 1 is 1.50 bits per heavy atom. The second kappa shape index (κ2) is 4.28. The van der Waals surface area contributed by atoms with Crippen molar-refractivity contribution in [1.82, 2.24) is 14.8 Å². The number of carboxylic acid groups (broad SMARTS) is 1. The summed E-state index contributed by atoms with van der Waals surface area (Å²) in [6.45, 7) is 0. The van der Waals surface area contributed by atoms with Gasteiger partial charge in [0.15, 0.2) is 0 Å². The molecule has 2 rings (SSSR count). The molecule has 0 spiro atoms. The summed E-state index contributed by atoms with van der Waals surface area (Å²) in [6, 6.07) is 0. The van der Waals surface area contributed by atoms with Crippen LogP contribution in [0.3, 0.4) is 0 Å². The van der Waals surface area contributed by atoms with E-state index in [1.54, 1.807) is 17.0 Å². The number of hydrogen-bond acceptors (Lipinski definition) is 4. The molecule has 5 nitrogen and oxygen atoms in total. The lowest BCUT2D eigenvalue weighted by Crippen LogP contribution is -1.89. The van der Waals surface area contributed by atoms with Crippen molar-refractivity contribution in [2.75, 3.05) is 0 Å². The number of carboxylic acids is 1. The molecule has 0 radical (unpaired) electrons. The maximum atomic E-state index is 10.6. The van der Waals surface area contributed by atoms with E-state index in [1.807, 2.05) is 19.3 Å². The molecule has 0 amide bonds. The third-order valence-electron chi connectivity index (χ3n) is 1.88. The number of carbonyl (C=O) groups is 1. The predicted octanol–water partition coefficient (Wildman–Crippen LogP) is 1.75. The molecular weight excluding hydrogens is 226 g/mol. The van der Waals surface area contributed by atoms with Crippen molar-refractivity contribution in [3.05, 3.63) is 34.0 Å². The third kappa shape index (κ3) is 2.34. The Morgan fingerprint density at radius 2 is 2.31 bits per heavy atom. The van der Waals surface area contributed by atoms with Crippen LogP contribution < -0.4 is 0 Å². The van der Waals surface area contributed by atoms with E-state index in [1.165, 1.54) is 6.20 Å². The molecular formula is C10H9N3O2S. The van der Waals surface area contributed by atoms with Crippen LogP contribution in [0.25, 0.3) is 12.2 Å². The van der Waals surface area contributed by atoms with Crippen LogP contribution in [0.4, 0.5) is 0 Å². The van der Waals surface area contributed by atoms with Gasteiger partial charge in [0.2, 0.25) is 0 Å². The lowest BCUT2D eigenvalue weighted by molar-refractivity contribution is 0.0702. The van der Waals surface area contributed by atoms with Crippen LogP contribution in [0.1, 0.15) is 20.2 Å². The van der Waals surface area contributed by atoms with Crippen molar-refractivity contribution >= 4 is 29.5 Å². The van der Waals surface area contributed by atoms with E-state index in [2.05, 4.69) is 10.1 Å². The Balaban J connectivity index is 2.14. The minimum Gasteiger partial charge on any atom is -0.477 e. The molecule has 6 heteroatoms. The van der Waals surface area contributed by atoms with Crippen molar-refractivity contribution in [3.63, 3.8) is 0 Å². The molecule has 0 saturated carbocycles. The third-order valence-corrected chi connectivity index (χ3v) is 2.83. The van der Waals surface area contributed by atoms with E-state index in [4.69, 9.17) is 5.11 Å². The molecule has 0 unspecified atom stereocenters. The first kappa shape index (κ1) is 10.6. The summed E-state index contributed by atoms with van der Waals surface area (Å²) < 4.78 is 1.70. The standard InChI is InChI=1S/C10H9N3O2S/c1-13-6-7(4-12-13)2-3-9-11-5-8(16-9)10(14)15/h2-6H,1H3,(H,14,15). The summed E-state index contributed by atoms with van der Waals surface area (Å²) >= 11 is 1.14. The predicted molar refractivity (Wildman–Crippen MR) is 61.2 cm³/mol. The summed E-state index contributed by atoms with van der Waals surface area (Å²) in [6.07, 6.45) is 8.56. The molecule has 2 heterocycles. The average molecular weight is 235 g/mol. The quantitative estimate of drug-likeness (QED) is 0.879. The van der Waals surface area contributed by atoms with Crippen molar-refractivity contribution < 1.29 is 9.90 Å². The topological polar surface area (TPSA) is 68.0 Å². The highest BCUT2D eigenvalue weighted by Gasteiger charge is 2.06. The number of aryl methyl sites for hydroxylation is 1. The molecule has 16 heavy (non-hydrogen) atoms. The minimum absolute atomic E-state index is 0.242. The normalized spacial score (nSPS) is 11.1. The molecule has 2 aromatic rings. The second-order valence-corrected chi connectivity index (χ2v) is 4.21. The van der Waals surface area contributed by atoms with E-state index in [-0.39, 0.29) is 4.88 Å². The monoisotopic (exact) mass is 235 g/mol. The average Bonchev–Trinajstić information content (AvgIpc) is 2.83. The van der Waals surface area contributed by atoms with Crippen LogP contribution in [0.15, 0.2) is 18.6 Å². The Kier molecular flexibility index (Phi) is 2.82. The van der Waals surface area contributed by atoms with Gasteiger partial charge in [0.1, 0.15) is 9.88 Å². The summed E-state index contributed by atoms with van der Waals surface area (Å²) in [7, 11) is 1.84. The molecule has 0 aliphatic rings. The maximum absolute atomic E-state index is 10.6. The first-order valence-corrected chi connectivity index (χ1v) is 5.32. The van der Waals surface area contributed by atoms with Crippen LogP contribution in [0.5, 0.6) is 0 Å². The van der Waals surface area contributed by atoms with Crippen LogP contribution in [0, 0.1) is 0 Å². The van der Waals surface area contributed by atoms with Gasteiger partial charge in [-0.25, -0.2) is 9.78 Å². The molecule has 2 aromatic heterocycles. The van der Waals surface area contributed by atoms with Crippen molar-refractivity contribution in [1.29, 1.82) is 0 Å². The van der Waals surface area contributed by atoms with Crippen molar-refractivity contribution in [2.24, 2.45) is 7.05 Å². The number of thiazole rings is 1. The Hall–Kier alpha value is -1.95. The van der Waals surface area contributed by atoms with Crippen LogP contribution in [0.2, 0.25) is 0 Å². The maximum Gasteiger partial charge on any atom is 0.347 e. The Labute approximate surface area is 95.7 Å². The summed E-state index contributed by atoms with van der Waals surface area (Å²) in [5.74, 6) is -0.946. The fraction of sp³-hybridized carbons (Fsp3) is 0.100. The first-order valence-electron chi connectivity index (χ1n) is 4.51. The van der Waals surface area contributed by atoms with Gasteiger partial charge in [-0.05, 0) is 12.2 Å². The zero-order valence-corrected chi connectivity index (χ0v) is 9.31. The number of hydrogen-bond donors (Lipinski definition) is 1. The van der Waals surface area contributed by atoms with E-state index < -0.39 is 5.97 Å². The molecule has 82 valence electrons. The zero-order valence-electron chi connectivity index (χ0n) is 8.49. The van der Waals surface area contributed by atoms with Gasteiger partial charge in [-0.1, -0.05) is 0 Å². The molecule has 0 fully saturated rings. The lowest BCUT2D eigenvalue weighted by atomic mass is 10.3. The van der Waals surface area contributed by atoms with Gasteiger partial charge in [0, 0.05) is 18.8 Å². The fourth-order valence-electron chi connectivity index (χ4n) is 1.16. The highest BCUT2D eigenvalue weighted by molar-refractivity contribution is 7.14. The summed E-state index contributed by atoms with van der Waals surface area (Å²) in [4.78, 5) is 14.8. The number of aromatic nitrogens is 3. The Morgan fingerprint density at radius 3 is 2.88 bits per heavy atom. The molecule has 0 saturated heterocycles. The smallest absolute Gasteiger partial charge is 0.347 e. The van der Waals surface area contributed by atoms with Crippen LogP contribution in [-0.4, -0.2) is 25.8 Å². The van der Waals surface area contributed by atoms with Gasteiger partial charge in [-0.2, -0.15) is 5.10 Å². The van der Waals surface area contributed by atoms with Gasteiger partial charge in [0.05, 0.1) is 12.4 Å². The minimum atomic E-state index is -0.946. The highest BCUT2D eigenvalue weighted by atomic mass is 32.1. The summed E-state index contributed by atoms with van der Waals surface area (Å²) in [5, 5.41) is 13.4. The Bertz CT molecular complexity index is 542. The molecule has 0 aliphatic carbocycles. The van der Waals surface area contributed by atoms with E-state index in [0.717, 1.165) is 16.9 Å². The molecule has 1 N–H and O–H groups in total. The lowest BCUT2D eigenvalue weighted by Gasteiger charge is -1.83. The SMILES string of the molecule is Cn1cc(C=Cc2ncc(C(=O)O)s2)cn1. The van der Waals surface area contributed by atoms with Crippen LogP contribution in [-0.2, 0) is 7.05 Å². The van der Waals surface area contributed by atoms with E-state index >= 15 is 0 Å². The zero-order chi connectivity index (χ0) is 11.5.